The maximum Gasteiger partial charge on any atom is 0.328 e. The number of hydrogen-bond acceptors (Lipinski definition) is 7. The number of ether oxygens (including phenoxy) is 4. The third kappa shape index (κ3) is 5.06. The van der Waals surface area contributed by atoms with Gasteiger partial charge in [0.15, 0.2) is 0 Å². The minimum Gasteiger partial charge on any atom is -0.497 e. The van der Waals surface area contributed by atoms with Gasteiger partial charge in [0, 0.05) is 11.8 Å². The maximum absolute atomic E-state index is 12.5. The van der Waals surface area contributed by atoms with Crippen molar-refractivity contribution in [1.29, 1.82) is 0 Å². The zero-order valence-corrected chi connectivity index (χ0v) is 22.6. The third-order valence-corrected chi connectivity index (χ3v) is 7.40. The van der Waals surface area contributed by atoms with E-state index < -0.39 is 35.1 Å². The predicted octanol–water partition coefficient (Wildman–Crippen LogP) is 3.17. The van der Waals surface area contributed by atoms with E-state index in [1.165, 1.54) is 10.8 Å². The minimum absolute atomic E-state index is 0.0156. The number of rotatable bonds is 9. The van der Waals surface area contributed by atoms with Gasteiger partial charge in [0.25, 0.3) is 5.56 Å². The van der Waals surface area contributed by atoms with E-state index in [0.29, 0.717) is 17.1 Å². The van der Waals surface area contributed by atoms with E-state index in [2.05, 4.69) is 4.98 Å². The Bertz CT molecular complexity index is 1500. The lowest BCUT2D eigenvalue weighted by molar-refractivity contribution is -0.0706. The Kier molecular flexibility index (Phi) is 7.88. The highest BCUT2D eigenvalue weighted by atomic mass is 16.6. The summed E-state index contributed by atoms with van der Waals surface area (Å²) in [5.74, 6) is 1.42. The van der Waals surface area contributed by atoms with Gasteiger partial charge < -0.3 is 24.1 Å². The van der Waals surface area contributed by atoms with Crippen molar-refractivity contribution in [1.82, 2.24) is 9.55 Å². The van der Waals surface area contributed by atoms with Gasteiger partial charge in [-0.3, -0.25) is 14.3 Å². The van der Waals surface area contributed by atoms with Crippen molar-refractivity contribution in [2.75, 3.05) is 27.4 Å². The Hall–Kier alpha value is -4.18. The molecule has 1 saturated heterocycles. The van der Waals surface area contributed by atoms with Gasteiger partial charge >= 0.3 is 5.69 Å². The second kappa shape index (κ2) is 11.5. The summed E-state index contributed by atoms with van der Waals surface area (Å²) in [5.41, 5.74) is 0.811. The largest absolute Gasteiger partial charge is 0.497 e. The summed E-state index contributed by atoms with van der Waals surface area (Å²) in [6.45, 7) is 1.71. The number of methoxy groups -OCH3 is 2. The van der Waals surface area contributed by atoms with E-state index in [4.69, 9.17) is 18.9 Å². The van der Waals surface area contributed by atoms with Crippen LogP contribution in [0, 0.1) is 6.92 Å². The van der Waals surface area contributed by atoms with Crippen molar-refractivity contribution in [3.63, 3.8) is 0 Å². The first kappa shape index (κ1) is 27.4. The van der Waals surface area contributed by atoms with Gasteiger partial charge in [-0.15, -0.1) is 0 Å². The topological polar surface area (TPSA) is 112 Å². The van der Waals surface area contributed by atoms with Gasteiger partial charge in [0.2, 0.25) is 0 Å². The predicted molar refractivity (Wildman–Crippen MR) is 149 cm³/mol. The Morgan fingerprint density at radius 3 is 2.00 bits per heavy atom. The van der Waals surface area contributed by atoms with Crippen LogP contribution in [0.5, 0.6) is 11.5 Å². The standard InChI is InChI=1S/C31H32N2O7/c1-20-17-33(30(36)32-29(20)35)26-18-39-27(28(26)34)19-40-31(21-7-5-4-6-8-21,22-9-13-24(37-2)14-10-22)23-11-15-25(38-3)16-12-23/h4-17,26-28,34H,18-19H2,1-3H3,(H,32,35,36). The number of benzene rings is 3. The first-order valence-electron chi connectivity index (χ1n) is 13.0. The molecular weight excluding hydrogens is 512 g/mol. The second-order valence-electron chi connectivity index (χ2n) is 9.72. The van der Waals surface area contributed by atoms with Crippen LogP contribution in [0.25, 0.3) is 0 Å². The van der Waals surface area contributed by atoms with Gasteiger partial charge in [0.05, 0.1) is 33.5 Å². The van der Waals surface area contributed by atoms with Crippen LogP contribution < -0.4 is 20.7 Å². The first-order chi connectivity index (χ1) is 19.4. The highest BCUT2D eigenvalue weighted by Gasteiger charge is 2.43. The molecular formula is C31H32N2O7. The molecule has 3 aromatic carbocycles. The average molecular weight is 545 g/mol. The molecule has 0 aliphatic carbocycles. The molecule has 1 aliphatic rings. The number of nitrogens with one attached hydrogen (secondary N) is 1. The summed E-state index contributed by atoms with van der Waals surface area (Å²) in [6.07, 6.45) is -0.336. The summed E-state index contributed by atoms with van der Waals surface area (Å²) in [7, 11) is 3.23. The number of aliphatic hydroxyl groups excluding tert-OH is 1. The van der Waals surface area contributed by atoms with E-state index in [1.54, 1.807) is 21.1 Å². The van der Waals surface area contributed by atoms with Crippen molar-refractivity contribution < 1.29 is 24.1 Å². The Morgan fingerprint density at radius 1 is 0.900 bits per heavy atom. The van der Waals surface area contributed by atoms with Crippen molar-refractivity contribution in [2.45, 2.75) is 30.8 Å². The summed E-state index contributed by atoms with van der Waals surface area (Å²) >= 11 is 0. The SMILES string of the molecule is COc1ccc(C(OCC2OCC(n3cc(C)c(=O)[nH]c3=O)C2O)(c2ccccc2)c2ccc(OC)cc2)cc1. The quantitative estimate of drug-likeness (QED) is 0.311. The van der Waals surface area contributed by atoms with Crippen molar-refractivity contribution >= 4 is 0 Å². The molecule has 40 heavy (non-hydrogen) atoms. The van der Waals surface area contributed by atoms with Crippen LogP contribution in [0.1, 0.15) is 28.3 Å². The Labute approximate surface area is 231 Å². The molecule has 9 nitrogen and oxygen atoms in total. The highest BCUT2D eigenvalue weighted by Crippen LogP contribution is 2.42. The molecule has 0 radical (unpaired) electrons. The van der Waals surface area contributed by atoms with Crippen molar-refractivity contribution in [2.24, 2.45) is 0 Å². The molecule has 3 unspecified atom stereocenters. The molecule has 0 amide bonds. The molecule has 0 spiro atoms. The van der Waals surface area contributed by atoms with Crippen LogP contribution in [-0.2, 0) is 15.1 Å². The van der Waals surface area contributed by atoms with Gasteiger partial charge in [0.1, 0.15) is 29.3 Å². The molecule has 0 saturated carbocycles. The first-order valence-corrected chi connectivity index (χ1v) is 13.0. The third-order valence-electron chi connectivity index (χ3n) is 7.40. The number of aliphatic hydroxyl groups is 1. The lowest BCUT2D eigenvalue weighted by Gasteiger charge is -2.37. The van der Waals surface area contributed by atoms with Gasteiger partial charge in [-0.05, 0) is 47.9 Å². The van der Waals surface area contributed by atoms with E-state index in [9.17, 15) is 14.7 Å². The van der Waals surface area contributed by atoms with Crippen molar-refractivity contribution in [3.05, 3.63) is 128 Å². The zero-order chi connectivity index (χ0) is 28.3. The van der Waals surface area contributed by atoms with Crippen molar-refractivity contribution in [3.8, 4) is 11.5 Å². The summed E-state index contributed by atoms with van der Waals surface area (Å²) in [6, 6.07) is 24.5. The zero-order valence-electron chi connectivity index (χ0n) is 22.6. The number of aryl methyl sites for hydroxylation is 1. The molecule has 3 atom stereocenters. The summed E-state index contributed by atoms with van der Waals surface area (Å²) in [4.78, 5) is 26.6. The smallest absolute Gasteiger partial charge is 0.328 e. The molecule has 2 N–H and O–H groups in total. The molecule has 2 heterocycles. The Balaban J connectivity index is 1.54. The number of aromatic nitrogens is 2. The fourth-order valence-corrected chi connectivity index (χ4v) is 5.17. The fourth-order valence-electron chi connectivity index (χ4n) is 5.17. The van der Waals surface area contributed by atoms with Crippen LogP contribution in [0.15, 0.2) is 94.6 Å². The molecule has 1 aliphatic heterocycles. The lowest BCUT2D eigenvalue weighted by atomic mass is 9.80. The normalized spacial score (nSPS) is 18.9. The number of nitrogens with zero attached hydrogens (tertiary/aromatic N) is 1. The molecule has 9 heteroatoms. The highest BCUT2D eigenvalue weighted by molar-refractivity contribution is 5.49. The van der Waals surface area contributed by atoms with E-state index in [1.807, 2.05) is 78.9 Å². The number of H-pyrrole nitrogens is 1. The Morgan fingerprint density at radius 2 is 1.45 bits per heavy atom. The minimum atomic E-state index is -1.08. The molecule has 5 rings (SSSR count). The fraction of sp³-hybridized carbons (Fsp3) is 0.290. The van der Waals surface area contributed by atoms with Crippen LogP contribution >= 0.6 is 0 Å². The molecule has 1 fully saturated rings. The molecule has 1 aromatic heterocycles. The number of aromatic amines is 1. The van der Waals surface area contributed by atoms with Gasteiger partial charge in [-0.25, -0.2) is 4.79 Å². The van der Waals surface area contributed by atoms with Crippen LogP contribution in [-0.4, -0.2) is 54.3 Å². The van der Waals surface area contributed by atoms with Gasteiger partial charge in [-0.2, -0.15) is 0 Å². The van der Waals surface area contributed by atoms with Crippen LogP contribution in [0.2, 0.25) is 0 Å². The monoisotopic (exact) mass is 544 g/mol. The van der Waals surface area contributed by atoms with E-state index >= 15 is 0 Å². The number of hydrogen-bond donors (Lipinski definition) is 2. The summed E-state index contributed by atoms with van der Waals surface area (Å²) < 4.78 is 24.9. The van der Waals surface area contributed by atoms with Crippen LogP contribution in [0.4, 0.5) is 0 Å². The molecule has 0 bridgehead atoms. The molecule has 4 aromatic rings. The summed E-state index contributed by atoms with van der Waals surface area (Å²) in [5, 5.41) is 11.2. The van der Waals surface area contributed by atoms with Crippen LogP contribution in [0.3, 0.4) is 0 Å². The average Bonchev–Trinajstić information content (AvgIpc) is 3.36. The lowest BCUT2D eigenvalue weighted by Crippen LogP contribution is -2.41. The van der Waals surface area contributed by atoms with Gasteiger partial charge in [-0.1, -0.05) is 54.6 Å². The van der Waals surface area contributed by atoms with E-state index in [-0.39, 0.29) is 13.2 Å². The molecule has 208 valence electrons. The maximum atomic E-state index is 12.5. The second-order valence-corrected chi connectivity index (χ2v) is 9.72. The van der Waals surface area contributed by atoms with E-state index in [0.717, 1.165) is 16.7 Å².